The molecule has 0 spiro atoms. The van der Waals surface area contributed by atoms with Crippen LogP contribution >= 0.6 is 0 Å². The molecule has 0 amide bonds. The van der Waals surface area contributed by atoms with Crippen LogP contribution < -0.4 is 5.73 Å². The number of nitrogen functional groups attached to an aromatic ring is 1. The van der Waals surface area contributed by atoms with Gasteiger partial charge in [0.1, 0.15) is 12.0 Å². The Morgan fingerprint density at radius 1 is 1.30 bits per heavy atom. The first-order chi connectivity index (χ1) is 10.8. The van der Waals surface area contributed by atoms with Gasteiger partial charge < -0.3 is 5.73 Å². The lowest BCUT2D eigenvalue weighted by Gasteiger charge is -2.09. The zero-order chi connectivity index (χ0) is 17.1. The van der Waals surface area contributed by atoms with Crippen molar-refractivity contribution in [3.8, 4) is 0 Å². The Morgan fingerprint density at radius 2 is 2.00 bits per heavy atom. The lowest BCUT2D eigenvalue weighted by molar-refractivity contribution is -0.121. The minimum atomic E-state index is -1.37. The number of aromatic nitrogens is 3. The molecule has 0 aromatic carbocycles. The molecule has 0 fully saturated rings. The number of halogens is 2. The van der Waals surface area contributed by atoms with Crippen molar-refractivity contribution in [1.29, 1.82) is 0 Å². The molecule has 1 aromatic rings. The number of hydrogen-bond acceptors (Lipinski definition) is 5. The van der Waals surface area contributed by atoms with Crippen LogP contribution in [0.3, 0.4) is 0 Å². The minimum Gasteiger partial charge on any atom is -0.368 e. The molecular formula is C16H22F2N4O. The van der Waals surface area contributed by atoms with Crippen molar-refractivity contribution in [2.45, 2.75) is 52.6 Å². The van der Waals surface area contributed by atoms with Gasteiger partial charge >= 0.3 is 0 Å². The van der Waals surface area contributed by atoms with Crippen LogP contribution in [0.5, 0.6) is 0 Å². The van der Waals surface area contributed by atoms with E-state index in [-0.39, 0.29) is 30.2 Å². The van der Waals surface area contributed by atoms with Gasteiger partial charge in [-0.2, -0.15) is 9.97 Å². The summed E-state index contributed by atoms with van der Waals surface area (Å²) >= 11 is 0. The second-order valence-corrected chi connectivity index (χ2v) is 6.37. The third-order valence-corrected chi connectivity index (χ3v) is 4.02. The fraction of sp³-hybridized carbons (Fsp3) is 0.625. The standard InChI is InChI=1S/C16H22F2N4O/c1-8(2)4-7-12-20-15(22-16(19)21-12)10-5-6-11(17)9(3)14(23)13(10)18/h8-9,11H,4-7H2,1-3H3,(H2,19,20,21,22). The van der Waals surface area contributed by atoms with Crippen molar-refractivity contribution in [3.05, 3.63) is 17.5 Å². The first-order valence-corrected chi connectivity index (χ1v) is 7.87. The first kappa shape index (κ1) is 17.4. The van der Waals surface area contributed by atoms with Crippen LogP contribution in [0, 0.1) is 11.8 Å². The van der Waals surface area contributed by atoms with Crippen LogP contribution in [0.25, 0.3) is 5.57 Å². The van der Waals surface area contributed by atoms with Crippen molar-refractivity contribution >= 4 is 17.3 Å². The average Bonchev–Trinajstić information content (AvgIpc) is 2.58. The highest BCUT2D eigenvalue weighted by Gasteiger charge is 2.33. The maximum Gasteiger partial charge on any atom is 0.223 e. The Morgan fingerprint density at radius 3 is 2.65 bits per heavy atom. The second kappa shape index (κ2) is 7.10. The third kappa shape index (κ3) is 4.09. The highest BCUT2D eigenvalue weighted by molar-refractivity contribution is 6.02. The van der Waals surface area contributed by atoms with Crippen molar-refractivity contribution in [2.24, 2.45) is 11.8 Å². The summed E-state index contributed by atoms with van der Waals surface area (Å²) in [7, 11) is 0. The molecule has 2 unspecified atom stereocenters. The van der Waals surface area contributed by atoms with E-state index in [1.807, 2.05) is 0 Å². The first-order valence-electron chi connectivity index (χ1n) is 7.87. The predicted molar refractivity (Wildman–Crippen MR) is 83.7 cm³/mol. The van der Waals surface area contributed by atoms with Gasteiger partial charge in [0.2, 0.25) is 5.95 Å². The second-order valence-electron chi connectivity index (χ2n) is 6.37. The van der Waals surface area contributed by atoms with Gasteiger partial charge in [-0.05, 0) is 25.2 Å². The molecule has 1 aromatic heterocycles. The highest BCUT2D eigenvalue weighted by atomic mass is 19.1. The number of aryl methyl sites for hydroxylation is 1. The number of rotatable bonds is 4. The van der Waals surface area contributed by atoms with Gasteiger partial charge in [0.15, 0.2) is 17.4 Å². The summed E-state index contributed by atoms with van der Waals surface area (Å²) in [6.07, 6.45) is 0.193. The van der Waals surface area contributed by atoms with E-state index in [0.717, 1.165) is 6.42 Å². The largest absolute Gasteiger partial charge is 0.368 e. The Balaban J connectivity index is 2.38. The fourth-order valence-corrected chi connectivity index (χ4v) is 2.47. The molecule has 0 saturated heterocycles. The van der Waals surface area contributed by atoms with Crippen LogP contribution in [-0.4, -0.2) is 26.9 Å². The average molecular weight is 324 g/mol. The molecule has 2 atom stereocenters. The predicted octanol–water partition coefficient (Wildman–Crippen LogP) is 3.06. The number of Topliss-reactive ketones (excluding diaryl/α,β-unsaturated/α-hetero) is 1. The summed E-state index contributed by atoms with van der Waals surface area (Å²) in [6.45, 7) is 5.53. The molecule has 1 aliphatic carbocycles. The maximum absolute atomic E-state index is 14.4. The van der Waals surface area contributed by atoms with Gasteiger partial charge in [0.25, 0.3) is 0 Å². The molecule has 0 aliphatic heterocycles. The van der Waals surface area contributed by atoms with Crippen LogP contribution in [0.15, 0.2) is 5.83 Å². The van der Waals surface area contributed by atoms with Crippen molar-refractivity contribution in [1.82, 2.24) is 15.0 Å². The smallest absolute Gasteiger partial charge is 0.223 e. The van der Waals surface area contributed by atoms with Gasteiger partial charge in [-0.1, -0.05) is 20.8 Å². The number of carbonyl (C=O) groups is 1. The van der Waals surface area contributed by atoms with Gasteiger partial charge in [0.05, 0.1) is 5.92 Å². The van der Waals surface area contributed by atoms with Gasteiger partial charge in [0, 0.05) is 12.0 Å². The molecule has 0 bridgehead atoms. The molecule has 23 heavy (non-hydrogen) atoms. The molecule has 2 N–H and O–H groups in total. The van der Waals surface area contributed by atoms with Gasteiger partial charge in [-0.25, -0.2) is 13.8 Å². The summed E-state index contributed by atoms with van der Waals surface area (Å²) in [6, 6.07) is 0. The Labute approximate surface area is 134 Å². The zero-order valence-corrected chi connectivity index (χ0v) is 13.6. The summed E-state index contributed by atoms with van der Waals surface area (Å²) in [5, 5.41) is 0. The van der Waals surface area contributed by atoms with E-state index >= 15 is 0 Å². The van der Waals surface area contributed by atoms with E-state index in [1.165, 1.54) is 6.92 Å². The van der Waals surface area contributed by atoms with E-state index in [1.54, 1.807) is 0 Å². The van der Waals surface area contributed by atoms with Crippen LogP contribution in [0.1, 0.15) is 51.7 Å². The molecule has 126 valence electrons. The fourth-order valence-electron chi connectivity index (χ4n) is 2.47. The summed E-state index contributed by atoms with van der Waals surface area (Å²) in [5.74, 6) is -1.85. The number of anilines is 1. The van der Waals surface area contributed by atoms with Crippen LogP contribution in [0.2, 0.25) is 0 Å². The van der Waals surface area contributed by atoms with E-state index in [2.05, 4.69) is 28.8 Å². The minimum absolute atomic E-state index is 0.0180. The quantitative estimate of drug-likeness (QED) is 0.920. The van der Waals surface area contributed by atoms with Crippen LogP contribution in [0.4, 0.5) is 14.7 Å². The number of hydrogen-bond donors (Lipinski definition) is 1. The molecule has 0 radical (unpaired) electrons. The number of ketones is 1. The number of alkyl halides is 1. The molecule has 5 nitrogen and oxygen atoms in total. The molecular weight excluding hydrogens is 302 g/mol. The molecule has 7 heteroatoms. The van der Waals surface area contributed by atoms with E-state index < -0.39 is 23.7 Å². The molecule has 1 heterocycles. The van der Waals surface area contributed by atoms with E-state index in [0.29, 0.717) is 18.2 Å². The van der Waals surface area contributed by atoms with Crippen LogP contribution in [-0.2, 0) is 11.2 Å². The Hall–Kier alpha value is -1.92. The lowest BCUT2D eigenvalue weighted by atomic mass is 10.00. The van der Waals surface area contributed by atoms with Gasteiger partial charge in [-0.15, -0.1) is 0 Å². The van der Waals surface area contributed by atoms with E-state index in [9.17, 15) is 13.6 Å². The third-order valence-electron chi connectivity index (χ3n) is 4.02. The molecule has 1 aliphatic rings. The molecule has 2 rings (SSSR count). The lowest BCUT2D eigenvalue weighted by Crippen LogP contribution is -2.20. The van der Waals surface area contributed by atoms with Crippen molar-refractivity contribution < 1.29 is 13.6 Å². The number of allylic oxidation sites excluding steroid dienone is 2. The molecule has 0 saturated carbocycles. The SMILES string of the molecule is CC(C)CCc1nc(N)nc(C2=C(F)C(=O)C(C)C(F)CC2)n1. The summed E-state index contributed by atoms with van der Waals surface area (Å²) in [5.41, 5.74) is 5.71. The van der Waals surface area contributed by atoms with Crippen molar-refractivity contribution in [3.63, 3.8) is 0 Å². The number of nitrogens with zero attached hydrogens (tertiary/aromatic N) is 3. The zero-order valence-electron chi connectivity index (χ0n) is 13.6. The van der Waals surface area contributed by atoms with Gasteiger partial charge in [-0.3, -0.25) is 4.79 Å². The highest BCUT2D eigenvalue weighted by Crippen LogP contribution is 2.32. The van der Waals surface area contributed by atoms with Crippen molar-refractivity contribution in [2.75, 3.05) is 5.73 Å². The Kier molecular flexibility index (Phi) is 5.38. The normalized spacial score (nSPS) is 22.6. The Bertz CT molecular complexity index is 631. The number of carbonyl (C=O) groups excluding carboxylic acids is 1. The topological polar surface area (TPSA) is 81.8 Å². The van der Waals surface area contributed by atoms with E-state index in [4.69, 9.17) is 5.73 Å². The summed E-state index contributed by atoms with van der Waals surface area (Å²) in [4.78, 5) is 24.2. The number of nitrogens with two attached hydrogens (primary N) is 1. The maximum atomic E-state index is 14.4. The monoisotopic (exact) mass is 324 g/mol. The summed E-state index contributed by atoms with van der Waals surface area (Å²) < 4.78 is 28.2.